The molecular weight excluding hydrogens is 402 g/mol. The summed E-state index contributed by atoms with van der Waals surface area (Å²) in [5, 5.41) is 17.9. The average Bonchev–Trinajstić information content (AvgIpc) is 3.06. The number of nitrogens with two attached hydrogens (primary N) is 1. The normalized spacial score (nSPS) is 19.9. The number of halogens is 1. The molecule has 1 aromatic heterocycles. The molecule has 6 nitrogen and oxygen atoms in total. The Hall–Kier alpha value is -2.47. The summed E-state index contributed by atoms with van der Waals surface area (Å²) >= 11 is 12.6. The van der Waals surface area contributed by atoms with Crippen LogP contribution >= 0.6 is 35.2 Å². The molecule has 0 amide bonds. The summed E-state index contributed by atoms with van der Waals surface area (Å²) in [6.07, 6.45) is 1.84. The molecule has 1 aliphatic carbocycles. The summed E-state index contributed by atoms with van der Waals surface area (Å²) < 4.78 is 0.498. The van der Waals surface area contributed by atoms with Gasteiger partial charge in [-0.1, -0.05) is 35.1 Å². The first-order valence-electron chi connectivity index (χ1n) is 8.28. The van der Waals surface area contributed by atoms with Crippen molar-refractivity contribution >= 4 is 46.1 Å². The smallest absolute Gasteiger partial charge is 0.216 e. The Kier molecular flexibility index (Phi) is 4.60. The minimum Gasteiger partial charge on any atom is -0.384 e. The lowest BCUT2D eigenvalue weighted by atomic mass is 9.76. The lowest BCUT2D eigenvalue weighted by Gasteiger charge is -2.38. The number of aromatic amines is 1. The van der Waals surface area contributed by atoms with E-state index in [2.05, 4.69) is 16.3 Å². The Balaban J connectivity index is 1.99. The molecular formula is C18H14ClN5OS2. The van der Waals surface area contributed by atoms with Gasteiger partial charge in [-0.05, 0) is 42.8 Å². The second kappa shape index (κ2) is 6.93. The van der Waals surface area contributed by atoms with Crippen LogP contribution in [0.4, 0.5) is 5.13 Å². The fraction of sp³-hybridized carbons (Fsp3) is 0.222. The molecule has 4 rings (SSSR count). The molecule has 0 saturated heterocycles. The van der Waals surface area contributed by atoms with E-state index in [-0.39, 0.29) is 11.6 Å². The molecule has 136 valence electrons. The van der Waals surface area contributed by atoms with E-state index in [0.29, 0.717) is 38.1 Å². The Labute approximate surface area is 169 Å². The minimum atomic E-state index is -0.528. The summed E-state index contributed by atoms with van der Waals surface area (Å²) in [6, 6.07) is 9.41. The van der Waals surface area contributed by atoms with E-state index in [1.165, 1.54) is 11.3 Å². The first-order chi connectivity index (χ1) is 13.0. The average molecular weight is 416 g/mol. The number of allylic oxidation sites excluding steroid dienone is 3. The first kappa shape index (κ1) is 17.9. The highest BCUT2D eigenvalue weighted by Crippen LogP contribution is 2.46. The molecule has 3 N–H and O–H groups in total. The van der Waals surface area contributed by atoms with E-state index in [1.54, 1.807) is 17.0 Å². The third-order valence-corrected chi connectivity index (χ3v) is 6.02. The number of nitriles is 1. The van der Waals surface area contributed by atoms with Gasteiger partial charge in [0.05, 0.1) is 17.6 Å². The van der Waals surface area contributed by atoms with Gasteiger partial charge in [0.25, 0.3) is 0 Å². The summed E-state index contributed by atoms with van der Waals surface area (Å²) in [5.41, 5.74) is 8.88. The molecule has 2 heterocycles. The van der Waals surface area contributed by atoms with Crippen molar-refractivity contribution in [3.63, 3.8) is 0 Å². The van der Waals surface area contributed by atoms with E-state index in [4.69, 9.17) is 29.6 Å². The fourth-order valence-corrected chi connectivity index (χ4v) is 4.76. The van der Waals surface area contributed by atoms with Crippen LogP contribution in [0.15, 0.2) is 46.9 Å². The van der Waals surface area contributed by atoms with Gasteiger partial charge < -0.3 is 5.73 Å². The van der Waals surface area contributed by atoms with Crippen LogP contribution in [0.1, 0.15) is 30.7 Å². The SMILES string of the molecule is N#CC1=C(N)N(c2n[nH]c(=S)s2)C2=C(C(=O)CCC2)C1c1cccc(Cl)c1. The highest BCUT2D eigenvalue weighted by molar-refractivity contribution is 7.73. The second-order valence-corrected chi connectivity index (χ2v) is 8.35. The summed E-state index contributed by atoms with van der Waals surface area (Å²) in [5.74, 6) is -0.237. The Bertz CT molecular complexity index is 1110. The van der Waals surface area contributed by atoms with Crippen molar-refractivity contribution in [2.45, 2.75) is 25.2 Å². The summed E-state index contributed by atoms with van der Waals surface area (Å²) in [7, 11) is 0. The zero-order valence-electron chi connectivity index (χ0n) is 14.0. The Morgan fingerprint density at radius 3 is 2.93 bits per heavy atom. The van der Waals surface area contributed by atoms with Crippen molar-refractivity contribution in [3.8, 4) is 6.07 Å². The molecule has 0 saturated carbocycles. The Morgan fingerprint density at radius 1 is 1.44 bits per heavy atom. The van der Waals surface area contributed by atoms with Crippen molar-refractivity contribution in [2.24, 2.45) is 5.73 Å². The number of aromatic nitrogens is 2. The van der Waals surface area contributed by atoms with E-state index in [1.807, 2.05) is 12.1 Å². The predicted octanol–water partition coefficient (Wildman–Crippen LogP) is 4.16. The number of nitrogens with one attached hydrogen (secondary N) is 1. The zero-order chi connectivity index (χ0) is 19.1. The molecule has 1 atom stereocenters. The zero-order valence-corrected chi connectivity index (χ0v) is 16.4. The van der Waals surface area contributed by atoms with Gasteiger partial charge in [0.15, 0.2) is 9.74 Å². The van der Waals surface area contributed by atoms with Gasteiger partial charge in [0.1, 0.15) is 5.82 Å². The van der Waals surface area contributed by atoms with Crippen molar-refractivity contribution in [3.05, 3.63) is 61.5 Å². The molecule has 2 aromatic rings. The first-order valence-corrected chi connectivity index (χ1v) is 9.88. The fourth-order valence-electron chi connectivity index (χ4n) is 3.64. The molecule has 9 heteroatoms. The van der Waals surface area contributed by atoms with Gasteiger partial charge in [-0.2, -0.15) is 5.26 Å². The highest BCUT2D eigenvalue weighted by Gasteiger charge is 2.41. The predicted molar refractivity (Wildman–Crippen MR) is 107 cm³/mol. The van der Waals surface area contributed by atoms with Crippen LogP contribution in [0.25, 0.3) is 0 Å². The standard InChI is InChI=1S/C18H14ClN5OS2/c19-10-4-1-3-9(7-10)14-11(8-20)16(21)24(17-22-23-18(26)27-17)12-5-2-6-13(25)15(12)14/h1,3-4,7,14H,2,5-6,21H2,(H,23,26). The molecule has 1 aliphatic heterocycles. The maximum atomic E-state index is 12.9. The van der Waals surface area contributed by atoms with Crippen molar-refractivity contribution in [1.29, 1.82) is 5.26 Å². The van der Waals surface area contributed by atoms with Crippen molar-refractivity contribution in [2.75, 3.05) is 4.90 Å². The monoisotopic (exact) mass is 415 g/mol. The largest absolute Gasteiger partial charge is 0.384 e. The lowest BCUT2D eigenvalue weighted by molar-refractivity contribution is -0.116. The van der Waals surface area contributed by atoms with Crippen molar-refractivity contribution in [1.82, 2.24) is 10.2 Å². The lowest BCUT2D eigenvalue weighted by Crippen LogP contribution is -2.38. The van der Waals surface area contributed by atoms with Crippen molar-refractivity contribution < 1.29 is 4.79 Å². The molecule has 27 heavy (non-hydrogen) atoms. The number of rotatable bonds is 2. The molecule has 1 aromatic carbocycles. The quantitative estimate of drug-likeness (QED) is 0.714. The van der Waals surface area contributed by atoms with Gasteiger partial charge in [-0.3, -0.25) is 14.8 Å². The maximum absolute atomic E-state index is 12.9. The van der Waals surface area contributed by atoms with Gasteiger partial charge >= 0.3 is 0 Å². The van der Waals surface area contributed by atoms with Crippen LogP contribution < -0.4 is 10.6 Å². The summed E-state index contributed by atoms with van der Waals surface area (Å²) in [4.78, 5) is 14.6. The molecule has 0 fully saturated rings. The third-order valence-electron chi connectivity index (χ3n) is 4.71. The van der Waals surface area contributed by atoms with E-state index < -0.39 is 5.92 Å². The third kappa shape index (κ3) is 2.98. The number of hydrogen-bond donors (Lipinski definition) is 2. The van der Waals surface area contributed by atoms with Crippen LogP contribution in [-0.4, -0.2) is 16.0 Å². The number of anilines is 1. The number of H-pyrrole nitrogens is 1. The highest BCUT2D eigenvalue weighted by atomic mass is 35.5. The van der Waals surface area contributed by atoms with E-state index >= 15 is 0 Å². The van der Waals surface area contributed by atoms with Gasteiger partial charge in [-0.15, -0.1) is 5.10 Å². The van der Waals surface area contributed by atoms with Gasteiger partial charge in [0, 0.05) is 22.7 Å². The summed E-state index contributed by atoms with van der Waals surface area (Å²) in [6.45, 7) is 0. The van der Waals surface area contributed by atoms with Crippen LogP contribution in [0.5, 0.6) is 0 Å². The topological polar surface area (TPSA) is 98.8 Å². The van der Waals surface area contributed by atoms with E-state index in [9.17, 15) is 10.1 Å². The van der Waals surface area contributed by atoms with Crippen LogP contribution in [0.2, 0.25) is 5.02 Å². The number of hydrogen-bond acceptors (Lipinski definition) is 7. The molecule has 0 bridgehead atoms. The number of Topliss-reactive ketones (excluding diaryl/α,β-unsaturated/α-hetero) is 1. The number of carbonyl (C=O) groups is 1. The number of benzene rings is 1. The van der Waals surface area contributed by atoms with Crippen LogP contribution in [0.3, 0.4) is 0 Å². The molecule has 0 radical (unpaired) electrons. The number of ketones is 1. The van der Waals surface area contributed by atoms with E-state index in [0.717, 1.165) is 17.7 Å². The van der Waals surface area contributed by atoms with Gasteiger partial charge in [-0.25, -0.2) is 0 Å². The van der Waals surface area contributed by atoms with Gasteiger partial charge in [0.2, 0.25) is 5.13 Å². The molecule has 0 spiro atoms. The Morgan fingerprint density at radius 2 is 2.26 bits per heavy atom. The maximum Gasteiger partial charge on any atom is 0.216 e. The second-order valence-electron chi connectivity index (χ2n) is 6.27. The number of carbonyl (C=O) groups excluding carboxylic acids is 1. The molecule has 2 aliphatic rings. The molecule has 1 unspecified atom stereocenters. The van der Waals surface area contributed by atoms with Crippen LogP contribution in [0, 0.1) is 15.3 Å². The minimum absolute atomic E-state index is 0.0191. The number of nitrogens with zero attached hydrogens (tertiary/aromatic N) is 3. The van der Waals surface area contributed by atoms with Crippen LogP contribution in [-0.2, 0) is 4.79 Å².